The number of unbranched alkanes of at least 4 members (excludes halogenated alkanes) is 7. The Morgan fingerprint density at radius 1 is 0.867 bits per heavy atom. The molecule has 30 heavy (non-hydrogen) atoms. The number of sulfonamides is 1. The average Bonchev–Trinajstić information content (AvgIpc) is 2.70. The van der Waals surface area contributed by atoms with E-state index in [2.05, 4.69) is 11.6 Å². The summed E-state index contributed by atoms with van der Waals surface area (Å²) < 4.78 is 24.8. The van der Waals surface area contributed by atoms with Crippen LogP contribution in [0.2, 0.25) is 0 Å². The molecule has 0 aromatic heterocycles. The first-order valence-corrected chi connectivity index (χ1v) is 13.0. The summed E-state index contributed by atoms with van der Waals surface area (Å²) in [7, 11) is -3.35. The van der Waals surface area contributed by atoms with Crippen molar-refractivity contribution in [2.24, 2.45) is 0 Å². The summed E-state index contributed by atoms with van der Waals surface area (Å²) in [6.45, 7) is 5.61. The zero-order valence-corrected chi connectivity index (χ0v) is 19.6. The first-order chi connectivity index (χ1) is 14.3. The predicted molar refractivity (Wildman–Crippen MR) is 123 cm³/mol. The van der Waals surface area contributed by atoms with Crippen LogP contribution in [0.5, 0.6) is 0 Å². The van der Waals surface area contributed by atoms with Gasteiger partial charge in [0.1, 0.15) is 0 Å². The standard InChI is InChI=1S/C23H38N2O4S/c1-4-6-7-8-9-10-11-12-19-25(5-2)23(27)18-17-22(26)20-13-15-21(16-14-20)24-30(3,28)29/h13-16,24H,4-12,17-19H2,1-3H3. The molecule has 0 aliphatic carbocycles. The van der Waals surface area contributed by atoms with Gasteiger partial charge in [-0.15, -0.1) is 0 Å². The van der Waals surface area contributed by atoms with Crippen molar-refractivity contribution >= 4 is 27.4 Å². The molecule has 0 bridgehead atoms. The summed E-state index contributed by atoms with van der Waals surface area (Å²) in [5.41, 5.74) is 0.889. The minimum absolute atomic E-state index is 0.0177. The van der Waals surface area contributed by atoms with Crippen molar-refractivity contribution in [3.63, 3.8) is 0 Å². The van der Waals surface area contributed by atoms with Crippen molar-refractivity contribution in [3.8, 4) is 0 Å². The van der Waals surface area contributed by atoms with E-state index in [1.807, 2.05) is 11.8 Å². The van der Waals surface area contributed by atoms with Crippen LogP contribution in [0.15, 0.2) is 24.3 Å². The molecule has 7 heteroatoms. The molecule has 0 radical (unpaired) electrons. The fourth-order valence-corrected chi connectivity index (χ4v) is 3.92. The van der Waals surface area contributed by atoms with Crippen LogP contribution >= 0.6 is 0 Å². The summed E-state index contributed by atoms with van der Waals surface area (Å²) in [4.78, 5) is 26.6. The van der Waals surface area contributed by atoms with E-state index in [0.717, 1.165) is 25.6 Å². The summed E-state index contributed by atoms with van der Waals surface area (Å²) in [5.74, 6) is -0.0958. The Bertz CT molecular complexity index is 745. The van der Waals surface area contributed by atoms with E-state index in [4.69, 9.17) is 0 Å². The third-order valence-electron chi connectivity index (χ3n) is 5.09. The van der Waals surface area contributed by atoms with E-state index in [9.17, 15) is 18.0 Å². The van der Waals surface area contributed by atoms with Crippen LogP contribution in [0.4, 0.5) is 5.69 Å². The van der Waals surface area contributed by atoms with Crippen LogP contribution in [-0.4, -0.2) is 44.4 Å². The monoisotopic (exact) mass is 438 g/mol. The molecule has 0 aliphatic heterocycles. The molecule has 0 fully saturated rings. The molecule has 0 saturated heterocycles. The second kappa shape index (κ2) is 14.2. The van der Waals surface area contributed by atoms with Gasteiger partial charge in [-0.2, -0.15) is 0 Å². The van der Waals surface area contributed by atoms with Crippen LogP contribution in [0.1, 0.15) is 88.4 Å². The third kappa shape index (κ3) is 11.3. The van der Waals surface area contributed by atoms with Gasteiger partial charge in [-0.25, -0.2) is 8.42 Å². The van der Waals surface area contributed by atoms with Crippen molar-refractivity contribution in [1.82, 2.24) is 4.90 Å². The van der Waals surface area contributed by atoms with Crippen LogP contribution in [-0.2, 0) is 14.8 Å². The number of ketones is 1. The second-order valence-corrected chi connectivity index (χ2v) is 9.57. The van der Waals surface area contributed by atoms with Gasteiger partial charge in [0.15, 0.2) is 5.78 Å². The normalized spacial score (nSPS) is 11.3. The lowest BCUT2D eigenvalue weighted by Gasteiger charge is -2.20. The quantitative estimate of drug-likeness (QED) is 0.290. The zero-order valence-electron chi connectivity index (χ0n) is 18.8. The van der Waals surface area contributed by atoms with Crippen molar-refractivity contribution in [2.45, 2.75) is 78.1 Å². The molecule has 0 aliphatic rings. The van der Waals surface area contributed by atoms with Gasteiger partial charge < -0.3 is 4.90 Å². The van der Waals surface area contributed by atoms with E-state index in [1.54, 1.807) is 24.3 Å². The summed E-state index contributed by atoms with van der Waals surface area (Å²) in [5, 5.41) is 0. The van der Waals surface area contributed by atoms with Crippen molar-refractivity contribution in [2.75, 3.05) is 24.1 Å². The Kier molecular flexibility index (Phi) is 12.4. The molecular weight excluding hydrogens is 400 g/mol. The number of rotatable bonds is 16. The van der Waals surface area contributed by atoms with Gasteiger partial charge in [0, 0.05) is 37.2 Å². The van der Waals surface area contributed by atoms with Gasteiger partial charge in [0.25, 0.3) is 0 Å². The lowest BCUT2D eigenvalue weighted by molar-refractivity contribution is -0.131. The smallest absolute Gasteiger partial charge is 0.229 e. The Morgan fingerprint density at radius 3 is 1.97 bits per heavy atom. The molecule has 6 nitrogen and oxygen atoms in total. The van der Waals surface area contributed by atoms with Gasteiger partial charge in [0.2, 0.25) is 15.9 Å². The SMILES string of the molecule is CCCCCCCCCCN(CC)C(=O)CCC(=O)c1ccc(NS(C)(=O)=O)cc1. The number of nitrogens with zero attached hydrogens (tertiary/aromatic N) is 1. The largest absolute Gasteiger partial charge is 0.343 e. The fourth-order valence-electron chi connectivity index (χ4n) is 3.36. The maximum atomic E-state index is 12.5. The predicted octanol–water partition coefficient (Wildman–Crippen LogP) is 5.01. The summed E-state index contributed by atoms with van der Waals surface area (Å²) in [6, 6.07) is 6.27. The number of hydrogen-bond acceptors (Lipinski definition) is 4. The second-order valence-electron chi connectivity index (χ2n) is 7.82. The van der Waals surface area contributed by atoms with E-state index in [1.165, 1.54) is 38.5 Å². The van der Waals surface area contributed by atoms with Gasteiger partial charge in [-0.1, -0.05) is 51.9 Å². The molecule has 1 aromatic rings. The topological polar surface area (TPSA) is 83.6 Å². The number of hydrogen-bond donors (Lipinski definition) is 1. The van der Waals surface area contributed by atoms with Gasteiger partial charge in [0.05, 0.1) is 6.26 Å². The number of anilines is 1. The number of amides is 1. The Morgan fingerprint density at radius 2 is 1.43 bits per heavy atom. The first-order valence-electron chi connectivity index (χ1n) is 11.2. The maximum Gasteiger partial charge on any atom is 0.229 e. The molecule has 0 heterocycles. The van der Waals surface area contributed by atoms with Crippen molar-refractivity contribution < 1.29 is 18.0 Å². The first kappa shape index (κ1) is 26.1. The minimum atomic E-state index is -3.35. The highest BCUT2D eigenvalue weighted by molar-refractivity contribution is 7.92. The van der Waals surface area contributed by atoms with Crippen molar-refractivity contribution in [1.29, 1.82) is 0 Å². The van der Waals surface area contributed by atoms with Crippen LogP contribution in [0.3, 0.4) is 0 Å². The third-order valence-corrected chi connectivity index (χ3v) is 5.70. The van der Waals surface area contributed by atoms with Crippen molar-refractivity contribution in [3.05, 3.63) is 29.8 Å². The molecule has 1 N–H and O–H groups in total. The summed E-state index contributed by atoms with van der Waals surface area (Å²) >= 11 is 0. The molecule has 0 spiro atoms. The van der Waals surface area contributed by atoms with Gasteiger partial charge in [-0.3, -0.25) is 14.3 Å². The Labute approximate surface area is 182 Å². The maximum absolute atomic E-state index is 12.5. The number of carbonyl (C=O) groups excluding carboxylic acids is 2. The highest BCUT2D eigenvalue weighted by atomic mass is 32.2. The number of Topliss-reactive ketones (excluding diaryl/α,β-unsaturated/α-hetero) is 1. The van der Waals surface area contributed by atoms with Gasteiger partial charge >= 0.3 is 0 Å². The van der Waals surface area contributed by atoms with E-state index in [-0.39, 0.29) is 24.5 Å². The number of nitrogens with one attached hydrogen (secondary N) is 1. The Balaban J connectivity index is 2.34. The molecule has 1 rings (SSSR count). The summed E-state index contributed by atoms with van der Waals surface area (Å²) in [6.07, 6.45) is 11.3. The molecule has 1 aromatic carbocycles. The molecule has 0 atom stereocenters. The number of carbonyl (C=O) groups is 2. The minimum Gasteiger partial charge on any atom is -0.343 e. The Hall–Kier alpha value is -1.89. The molecular formula is C23H38N2O4S. The fraction of sp³-hybridized carbons (Fsp3) is 0.652. The van der Waals surface area contributed by atoms with Crippen LogP contribution in [0, 0.1) is 0 Å². The zero-order chi connectivity index (χ0) is 22.4. The van der Waals surface area contributed by atoms with Crippen LogP contribution < -0.4 is 4.72 Å². The molecule has 0 saturated carbocycles. The highest BCUT2D eigenvalue weighted by Gasteiger charge is 2.14. The van der Waals surface area contributed by atoms with Crippen LogP contribution in [0.25, 0.3) is 0 Å². The molecule has 170 valence electrons. The van der Waals surface area contributed by atoms with E-state index in [0.29, 0.717) is 17.8 Å². The van der Waals surface area contributed by atoms with E-state index < -0.39 is 10.0 Å². The lowest BCUT2D eigenvalue weighted by atomic mass is 10.1. The van der Waals surface area contributed by atoms with E-state index >= 15 is 0 Å². The number of benzene rings is 1. The lowest BCUT2D eigenvalue weighted by Crippen LogP contribution is -2.32. The average molecular weight is 439 g/mol. The van der Waals surface area contributed by atoms with Gasteiger partial charge in [-0.05, 0) is 37.6 Å². The molecule has 1 amide bonds. The highest BCUT2D eigenvalue weighted by Crippen LogP contribution is 2.14. The molecule has 0 unspecified atom stereocenters.